The molecule has 2 N–H and O–H groups in total. The number of rotatable bonds is 4. The average Bonchev–Trinajstić information content (AvgIpc) is 2.50. The summed E-state index contributed by atoms with van der Waals surface area (Å²) >= 11 is 5.92. The van der Waals surface area contributed by atoms with Crippen LogP contribution >= 0.6 is 11.6 Å². The van der Waals surface area contributed by atoms with E-state index >= 15 is 0 Å². The number of aryl methyl sites for hydroxylation is 2. The maximum absolute atomic E-state index is 12.4. The zero-order chi connectivity index (χ0) is 17.2. The summed E-state index contributed by atoms with van der Waals surface area (Å²) in [7, 11) is -2.45. The Morgan fingerprint density at radius 3 is 2.39 bits per heavy atom. The smallest absolute Gasteiger partial charge is 0.255 e. The Morgan fingerprint density at radius 2 is 1.78 bits per heavy atom. The van der Waals surface area contributed by atoms with E-state index < -0.39 is 15.9 Å². The van der Waals surface area contributed by atoms with Crippen LogP contribution in [0.5, 0.6) is 0 Å². The van der Waals surface area contributed by atoms with Crippen LogP contribution in [0.15, 0.2) is 41.3 Å². The highest BCUT2D eigenvalue weighted by atomic mass is 35.5. The number of anilines is 1. The molecule has 5 nitrogen and oxygen atoms in total. The molecule has 2 aromatic rings. The van der Waals surface area contributed by atoms with Crippen molar-refractivity contribution in [1.82, 2.24) is 4.72 Å². The van der Waals surface area contributed by atoms with Crippen molar-refractivity contribution in [3.63, 3.8) is 0 Å². The fourth-order valence-corrected chi connectivity index (χ4v) is 3.36. The van der Waals surface area contributed by atoms with Crippen LogP contribution in [0.4, 0.5) is 5.69 Å². The molecule has 23 heavy (non-hydrogen) atoms. The predicted octanol–water partition coefficient (Wildman–Crippen LogP) is 3.12. The summed E-state index contributed by atoms with van der Waals surface area (Å²) < 4.78 is 26.0. The summed E-state index contributed by atoms with van der Waals surface area (Å²) in [5.41, 5.74) is 2.90. The number of hydrogen-bond donors (Lipinski definition) is 2. The lowest BCUT2D eigenvalue weighted by atomic mass is 10.1. The van der Waals surface area contributed by atoms with Gasteiger partial charge in [-0.25, -0.2) is 13.1 Å². The van der Waals surface area contributed by atoms with Gasteiger partial charge in [-0.2, -0.15) is 0 Å². The molecule has 0 saturated heterocycles. The third kappa shape index (κ3) is 3.90. The highest BCUT2D eigenvalue weighted by Gasteiger charge is 2.18. The minimum absolute atomic E-state index is 0.0578. The zero-order valence-electron chi connectivity index (χ0n) is 13.0. The number of hydrogen-bond acceptors (Lipinski definition) is 3. The van der Waals surface area contributed by atoms with Gasteiger partial charge in [0.05, 0.1) is 5.02 Å². The van der Waals surface area contributed by atoms with Gasteiger partial charge in [0.2, 0.25) is 10.0 Å². The number of halogens is 1. The van der Waals surface area contributed by atoms with Crippen LogP contribution < -0.4 is 10.0 Å². The molecule has 0 saturated carbocycles. The first-order chi connectivity index (χ1) is 10.7. The van der Waals surface area contributed by atoms with E-state index in [0.717, 1.165) is 11.1 Å². The standard InChI is InChI=1S/C16H17ClN2O3S/c1-10-4-7-14(11(2)8-10)19-16(20)12-5-6-13(17)15(9-12)23(21,22)18-3/h4-9,18H,1-3H3,(H,19,20). The third-order valence-corrected chi connectivity index (χ3v) is 5.28. The van der Waals surface area contributed by atoms with Gasteiger partial charge in [-0.15, -0.1) is 0 Å². The summed E-state index contributed by atoms with van der Waals surface area (Å²) in [6.07, 6.45) is 0. The van der Waals surface area contributed by atoms with Crippen molar-refractivity contribution in [2.24, 2.45) is 0 Å². The Morgan fingerprint density at radius 1 is 1.09 bits per heavy atom. The molecule has 2 aromatic carbocycles. The second-order valence-corrected chi connectivity index (χ2v) is 7.39. The molecular weight excluding hydrogens is 336 g/mol. The van der Waals surface area contributed by atoms with Crippen LogP contribution in [0.3, 0.4) is 0 Å². The molecule has 0 aromatic heterocycles. The Balaban J connectivity index is 2.35. The quantitative estimate of drug-likeness (QED) is 0.887. The largest absolute Gasteiger partial charge is 0.322 e. The van der Waals surface area contributed by atoms with Crippen molar-refractivity contribution in [2.45, 2.75) is 18.7 Å². The maximum Gasteiger partial charge on any atom is 0.255 e. The Hall–Kier alpha value is -1.89. The van der Waals surface area contributed by atoms with E-state index in [0.29, 0.717) is 5.69 Å². The summed E-state index contributed by atoms with van der Waals surface area (Å²) in [4.78, 5) is 12.2. The molecule has 0 atom stereocenters. The van der Waals surface area contributed by atoms with E-state index in [9.17, 15) is 13.2 Å². The van der Waals surface area contributed by atoms with Gasteiger partial charge in [-0.05, 0) is 50.7 Å². The van der Waals surface area contributed by atoms with Crippen molar-refractivity contribution in [3.05, 3.63) is 58.1 Å². The van der Waals surface area contributed by atoms with E-state index in [-0.39, 0.29) is 15.5 Å². The molecule has 0 aliphatic rings. The molecule has 122 valence electrons. The lowest BCUT2D eigenvalue weighted by Gasteiger charge is -2.11. The molecule has 0 spiro atoms. The topological polar surface area (TPSA) is 75.3 Å². The summed E-state index contributed by atoms with van der Waals surface area (Å²) in [5, 5.41) is 2.83. The Kier molecular flexibility index (Phi) is 5.09. The molecule has 1 amide bonds. The molecule has 0 aliphatic carbocycles. The molecule has 0 aliphatic heterocycles. The van der Waals surface area contributed by atoms with Crippen molar-refractivity contribution in [1.29, 1.82) is 0 Å². The second-order valence-electron chi connectivity index (χ2n) is 5.13. The zero-order valence-corrected chi connectivity index (χ0v) is 14.5. The van der Waals surface area contributed by atoms with Gasteiger partial charge in [0.15, 0.2) is 0 Å². The molecule has 2 rings (SSSR count). The number of amides is 1. The Labute approximate surface area is 140 Å². The van der Waals surface area contributed by atoms with Crippen molar-refractivity contribution >= 4 is 33.2 Å². The van der Waals surface area contributed by atoms with E-state index in [4.69, 9.17) is 11.6 Å². The number of carbonyl (C=O) groups excluding carboxylic acids is 1. The fourth-order valence-electron chi connectivity index (χ4n) is 2.11. The third-order valence-electron chi connectivity index (χ3n) is 3.38. The summed E-state index contributed by atoms with van der Waals surface area (Å²) in [6, 6.07) is 9.78. The average molecular weight is 353 g/mol. The monoisotopic (exact) mass is 352 g/mol. The SMILES string of the molecule is CNS(=O)(=O)c1cc(C(=O)Nc2ccc(C)cc2C)ccc1Cl. The first-order valence-electron chi connectivity index (χ1n) is 6.86. The van der Waals surface area contributed by atoms with Gasteiger partial charge >= 0.3 is 0 Å². The first-order valence-corrected chi connectivity index (χ1v) is 8.72. The molecule has 0 heterocycles. The molecule has 0 radical (unpaired) electrons. The fraction of sp³-hybridized carbons (Fsp3) is 0.188. The van der Waals surface area contributed by atoms with Crippen LogP contribution in [0.1, 0.15) is 21.5 Å². The van der Waals surface area contributed by atoms with Gasteiger partial charge < -0.3 is 5.32 Å². The summed E-state index contributed by atoms with van der Waals surface area (Å²) in [6.45, 7) is 3.86. The van der Waals surface area contributed by atoms with Crippen LogP contribution in [-0.4, -0.2) is 21.4 Å². The molecular formula is C16H17ClN2O3S. The predicted molar refractivity (Wildman–Crippen MR) is 91.6 cm³/mol. The molecule has 0 fully saturated rings. The lowest BCUT2D eigenvalue weighted by molar-refractivity contribution is 0.102. The van der Waals surface area contributed by atoms with Crippen LogP contribution in [0, 0.1) is 13.8 Å². The Bertz CT molecular complexity index is 864. The number of sulfonamides is 1. The summed E-state index contributed by atoms with van der Waals surface area (Å²) in [5.74, 6) is -0.402. The van der Waals surface area contributed by atoms with Crippen LogP contribution in [0.2, 0.25) is 5.02 Å². The highest BCUT2D eigenvalue weighted by Crippen LogP contribution is 2.23. The number of benzene rings is 2. The van der Waals surface area contributed by atoms with Crippen molar-refractivity contribution in [2.75, 3.05) is 12.4 Å². The first kappa shape index (κ1) is 17.5. The normalized spacial score (nSPS) is 11.3. The van der Waals surface area contributed by atoms with Crippen molar-refractivity contribution in [3.8, 4) is 0 Å². The number of carbonyl (C=O) groups is 1. The van der Waals surface area contributed by atoms with E-state index in [1.54, 1.807) is 0 Å². The van der Waals surface area contributed by atoms with Crippen LogP contribution in [0.25, 0.3) is 0 Å². The molecule has 7 heteroatoms. The minimum atomic E-state index is -3.73. The van der Waals surface area contributed by atoms with Gasteiger partial charge in [-0.3, -0.25) is 4.79 Å². The minimum Gasteiger partial charge on any atom is -0.322 e. The van der Waals surface area contributed by atoms with Gasteiger partial charge in [0, 0.05) is 11.3 Å². The van der Waals surface area contributed by atoms with Gasteiger partial charge in [0.25, 0.3) is 5.91 Å². The second kappa shape index (κ2) is 6.70. The maximum atomic E-state index is 12.4. The molecule has 0 unspecified atom stereocenters. The lowest BCUT2D eigenvalue weighted by Crippen LogP contribution is -2.20. The van der Waals surface area contributed by atoms with E-state index in [1.807, 2.05) is 32.0 Å². The van der Waals surface area contributed by atoms with Gasteiger partial charge in [-0.1, -0.05) is 29.3 Å². The number of nitrogens with one attached hydrogen (secondary N) is 2. The van der Waals surface area contributed by atoms with Crippen molar-refractivity contribution < 1.29 is 13.2 Å². The van der Waals surface area contributed by atoms with E-state index in [2.05, 4.69) is 10.0 Å². The van der Waals surface area contributed by atoms with Crippen LogP contribution in [-0.2, 0) is 10.0 Å². The van der Waals surface area contributed by atoms with E-state index in [1.165, 1.54) is 25.2 Å². The highest BCUT2D eigenvalue weighted by molar-refractivity contribution is 7.89. The van der Waals surface area contributed by atoms with Gasteiger partial charge in [0.1, 0.15) is 4.90 Å². The molecule has 0 bridgehead atoms.